The number of piperidine rings is 1. The molecule has 2 fully saturated rings. The van der Waals surface area contributed by atoms with E-state index >= 15 is 0 Å². The number of hydrogen-bond donors (Lipinski definition) is 2. The predicted octanol–water partition coefficient (Wildman–Crippen LogP) is 1.19. The van der Waals surface area contributed by atoms with Crippen LogP contribution in [0, 0.1) is 11.8 Å². The minimum atomic E-state index is -1.02. The Morgan fingerprint density at radius 1 is 1.38 bits per heavy atom. The Bertz CT molecular complexity index is 903. The molecule has 2 amide bonds. The molecule has 0 spiro atoms. The third-order valence-electron chi connectivity index (χ3n) is 5.05. The van der Waals surface area contributed by atoms with Crippen LogP contribution < -0.4 is 20.5 Å². The Kier molecular flexibility index (Phi) is 3.90. The van der Waals surface area contributed by atoms with Crippen molar-refractivity contribution >= 4 is 22.7 Å². The van der Waals surface area contributed by atoms with Crippen LogP contribution in [0.3, 0.4) is 0 Å². The Labute approximate surface area is 148 Å². The van der Waals surface area contributed by atoms with Crippen molar-refractivity contribution in [3.63, 3.8) is 0 Å². The van der Waals surface area contributed by atoms with Gasteiger partial charge in [0.2, 0.25) is 5.91 Å². The highest BCUT2D eigenvalue weighted by Crippen LogP contribution is 2.49. The summed E-state index contributed by atoms with van der Waals surface area (Å²) in [6, 6.07) is 4.73. The molecule has 1 aliphatic heterocycles. The second kappa shape index (κ2) is 6.12. The molecule has 4 rings (SSSR count). The van der Waals surface area contributed by atoms with Gasteiger partial charge >= 0.3 is 0 Å². The second-order valence-corrected chi connectivity index (χ2v) is 6.54. The highest BCUT2D eigenvalue weighted by atomic mass is 19.1. The minimum Gasteiger partial charge on any atom is -0.496 e. The zero-order valence-corrected chi connectivity index (χ0v) is 14.1. The van der Waals surface area contributed by atoms with Crippen molar-refractivity contribution in [1.82, 2.24) is 10.3 Å². The van der Waals surface area contributed by atoms with Crippen LogP contribution >= 0.6 is 0 Å². The van der Waals surface area contributed by atoms with E-state index in [-0.39, 0.29) is 23.4 Å². The summed E-state index contributed by atoms with van der Waals surface area (Å²) in [5, 5.41) is 3.48. The van der Waals surface area contributed by atoms with Gasteiger partial charge < -0.3 is 20.5 Å². The van der Waals surface area contributed by atoms with E-state index in [9.17, 15) is 14.0 Å². The molecule has 2 heterocycles. The number of rotatable bonds is 6. The van der Waals surface area contributed by atoms with Crippen molar-refractivity contribution in [3.8, 4) is 11.5 Å². The van der Waals surface area contributed by atoms with Crippen LogP contribution in [0.2, 0.25) is 0 Å². The van der Waals surface area contributed by atoms with Gasteiger partial charge in [-0.3, -0.25) is 14.6 Å². The van der Waals surface area contributed by atoms with Crippen LogP contribution in [-0.4, -0.2) is 42.7 Å². The summed E-state index contributed by atoms with van der Waals surface area (Å²) in [5.41, 5.74) is 6.16. The molecule has 2 aromatic rings. The number of aromatic nitrogens is 1. The lowest BCUT2D eigenvalue weighted by molar-refractivity contribution is -0.121. The highest BCUT2D eigenvalue weighted by Gasteiger charge is 2.64. The lowest BCUT2D eigenvalue weighted by Gasteiger charge is -2.15. The number of primary amides is 1. The van der Waals surface area contributed by atoms with E-state index < -0.39 is 18.0 Å². The van der Waals surface area contributed by atoms with E-state index in [1.807, 2.05) is 0 Å². The van der Waals surface area contributed by atoms with Gasteiger partial charge in [0.15, 0.2) is 0 Å². The van der Waals surface area contributed by atoms with E-state index in [0.717, 1.165) is 0 Å². The van der Waals surface area contributed by atoms with E-state index in [1.165, 1.54) is 7.11 Å². The molecular weight excluding hydrogens is 341 g/mol. The summed E-state index contributed by atoms with van der Waals surface area (Å²) >= 11 is 0. The average molecular weight is 359 g/mol. The first-order valence-electron chi connectivity index (χ1n) is 8.35. The third kappa shape index (κ3) is 2.61. The lowest BCUT2D eigenvalue weighted by Crippen LogP contribution is -2.33. The number of benzene rings is 1. The van der Waals surface area contributed by atoms with Gasteiger partial charge in [-0.25, -0.2) is 4.39 Å². The molecule has 4 atom stereocenters. The Hall–Kier alpha value is -2.90. The molecule has 3 N–H and O–H groups in total. The van der Waals surface area contributed by atoms with E-state index in [1.54, 1.807) is 24.4 Å². The number of carbonyl (C=O) groups excluding carboxylic acids is 2. The van der Waals surface area contributed by atoms with Crippen molar-refractivity contribution in [2.45, 2.75) is 18.6 Å². The van der Waals surface area contributed by atoms with E-state index in [0.29, 0.717) is 35.4 Å². The monoisotopic (exact) mass is 359 g/mol. The molecule has 2 aliphatic rings. The van der Waals surface area contributed by atoms with Gasteiger partial charge in [-0.15, -0.1) is 0 Å². The Balaban J connectivity index is 1.51. The summed E-state index contributed by atoms with van der Waals surface area (Å²) in [4.78, 5) is 27.3. The maximum atomic E-state index is 13.5. The van der Waals surface area contributed by atoms with Crippen LogP contribution in [0.5, 0.6) is 11.5 Å². The summed E-state index contributed by atoms with van der Waals surface area (Å²) in [6.45, 7) is 0.319. The number of halogens is 1. The SMILES string of the molecule is COc1cc2c(OCC[C@H]3NC(=O)[C@@H]4[C@@H](F)[C@@H]43)ccnc2cc1C(N)=O. The molecule has 1 saturated carbocycles. The molecule has 26 heavy (non-hydrogen) atoms. The molecule has 8 heteroatoms. The zero-order valence-electron chi connectivity index (χ0n) is 14.1. The van der Waals surface area contributed by atoms with Crippen LogP contribution in [-0.2, 0) is 4.79 Å². The first-order chi connectivity index (χ1) is 12.5. The fourth-order valence-electron chi connectivity index (χ4n) is 3.66. The second-order valence-electron chi connectivity index (χ2n) is 6.54. The largest absolute Gasteiger partial charge is 0.496 e. The summed E-state index contributed by atoms with van der Waals surface area (Å²) in [6.07, 6.45) is 1.07. The molecule has 1 aliphatic carbocycles. The summed E-state index contributed by atoms with van der Waals surface area (Å²) in [5.74, 6) is -0.597. The molecule has 136 valence electrons. The number of pyridine rings is 1. The van der Waals surface area contributed by atoms with Crippen molar-refractivity contribution in [2.75, 3.05) is 13.7 Å². The first kappa shape index (κ1) is 16.6. The smallest absolute Gasteiger partial charge is 0.252 e. The number of nitrogens with zero attached hydrogens (tertiary/aromatic N) is 1. The standard InChI is InChI=1S/C18H18FN3O4/c1-25-13-7-8-11(6-9(13)17(20)23)21-4-2-12(8)26-5-3-10-14-15(16(14)19)18(24)22-10/h2,4,6-7,10,14-16H,3,5H2,1H3,(H2,20,23)(H,22,24)/t10-,14-,15+,16+/m1/s1. The van der Waals surface area contributed by atoms with Crippen molar-refractivity contribution in [3.05, 3.63) is 30.0 Å². The van der Waals surface area contributed by atoms with Crippen LogP contribution in [0.1, 0.15) is 16.8 Å². The fourth-order valence-corrected chi connectivity index (χ4v) is 3.66. The predicted molar refractivity (Wildman–Crippen MR) is 90.7 cm³/mol. The van der Waals surface area contributed by atoms with Gasteiger partial charge in [0, 0.05) is 30.0 Å². The number of fused-ring (bicyclic) bond motifs is 2. The molecular formula is C18H18FN3O4. The van der Waals surface area contributed by atoms with Gasteiger partial charge in [-0.05, 0) is 18.2 Å². The number of ether oxygens (including phenoxy) is 2. The van der Waals surface area contributed by atoms with Crippen LogP contribution in [0.4, 0.5) is 4.39 Å². The zero-order chi connectivity index (χ0) is 18.4. The van der Waals surface area contributed by atoms with Gasteiger partial charge in [0.05, 0.1) is 30.7 Å². The fraction of sp³-hybridized carbons (Fsp3) is 0.389. The topological polar surface area (TPSA) is 104 Å². The molecule has 7 nitrogen and oxygen atoms in total. The highest BCUT2D eigenvalue weighted by molar-refractivity contribution is 6.01. The average Bonchev–Trinajstić information content (AvgIpc) is 3.18. The lowest BCUT2D eigenvalue weighted by atomic mass is 10.1. The molecule has 1 aromatic heterocycles. The minimum absolute atomic E-state index is 0.188. The van der Waals surface area contributed by atoms with Crippen LogP contribution in [0.25, 0.3) is 10.9 Å². The van der Waals surface area contributed by atoms with Gasteiger partial charge in [-0.1, -0.05) is 0 Å². The number of amides is 2. The first-order valence-corrected chi connectivity index (χ1v) is 8.35. The molecule has 0 radical (unpaired) electrons. The molecule has 0 bridgehead atoms. The number of nitrogens with one attached hydrogen (secondary N) is 1. The molecule has 1 saturated heterocycles. The summed E-state index contributed by atoms with van der Waals surface area (Å²) in [7, 11) is 1.45. The van der Waals surface area contributed by atoms with Crippen LogP contribution in [0.15, 0.2) is 24.4 Å². The normalized spacial score (nSPS) is 26.3. The van der Waals surface area contributed by atoms with Crippen molar-refractivity contribution in [2.24, 2.45) is 17.6 Å². The quantitative estimate of drug-likeness (QED) is 0.806. The third-order valence-corrected chi connectivity index (χ3v) is 5.05. The molecule has 1 aromatic carbocycles. The van der Waals surface area contributed by atoms with Crippen molar-refractivity contribution in [1.29, 1.82) is 0 Å². The van der Waals surface area contributed by atoms with Crippen molar-refractivity contribution < 1.29 is 23.5 Å². The van der Waals surface area contributed by atoms with E-state index in [4.69, 9.17) is 15.2 Å². The Morgan fingerprint density at radius 3 is 2.85 bits per heavy atom. The number of nitrogens with two attached hydrogens (primary N) is 1. The van der Waals surface area contributed by atoms with E-state index in [2.05, 4.69) is 10.3 Å². The van der Waals surface area contributed by atoms with Gasteiger partial charge in [0.25, 0.3) is 5.91 Å². The number of hydrogen-bond acceptors (Lipinski definition) is 5. The number of carbonyl (C=O) groups is 2. The summed E-state index contributed by atoms with van der Waals surface area (Å²) < 4.78 is 24.6. The number of alkyl halides is 1. The Morgan fingerprint density at radius 2 is 2.19 bits per heavy atom. The molecule has 0 unspecified atom stereocenters. The number of methoxy groups -OCH3 is 1. The maximum absolute atomic E-state index is 13.5. The van der Waals surface area contributed by atoms with Gasteiger partial charge in [0.1, 0.15) is 17.7 Å². The maximum Gasteiger partial charge on any atom is 0.252 e. The van der Waals surface area contributed by atoms with Gasteiger partial charge in [-0.2, -0.15) is 0 Å².